The van der Waals surface area contributed by atoms with E-state index in [4.69, 9.17) is 4.74 Å². The normalized spacial score (nSPS) is 14.0. The molecular weight excluding hydrogens is 452 g/mol. The zero-order valence-electron chi connectivity index (χ0n) is 18.8. The molecule has 0 bridgehead atoms. The summed E-state index contributed by atoms with van der Waals surface area (Å²) in [4.78, 5) is 25.0. The van der Waals surface area contributed by atoms with Crippen molar-refractivity contribution in [2.24, 2.45) is 0 Å². The number of rotatable bonds is 8. The van der Waals surface area contributed by atoms with Crippen LogP contribution in [0.25, 0.3) is 0 Å². The molecule has 2 N–H and O–H groups in total. The average molecular weight is 479 g/mol. The van der Waals surface area contributed by atoms with Crippen LogP contribution in [0.2, 0.25) is 0 Å². The summed E-state index contributed by atoms with van der Waals surface area (Å²) in [6.45, 7) is 2.42. The Bertz CT molecular complexity index is 1290. The van der Waals surface area contributed by atoms with E-state index < -0.39 is 21.7 Å². The molecule has 2 amide bonds. The number of hydrogen-bond donors (Lipinski definition) is 2. The van der Waals surface area contributed by atoms with E-state index >= 15 is 0 Å². The van der Waals surface area contributed by atoms with Gasteiger partial charge in [0.05, 0.1) is 23.2 Å². The van der Waals surface area contributed by atoms with Crippen molar-refractivity contribution in [1.29, 1.82) is 0 Å². The number of fused-ring (bicyclic) bond motifs is 1. The van der Waals surface area contributed by atoms with Crippen molar-refractivity contribution in [1.82, 2.24) is 0 Å². The molecule has 4 rings (SSSR count). The van der Waals surface area contributed by atoms with Crippen molar-refractivity contribution < 1.29 is 22.7 Å². The van der Waals surface area contributed by atoms with Gasteiger partial charge < -0.3 is 15.4 Å². The molecule has 1 heterocycles. The van der Waals surface area contributed by atoms with Gasteiger partial charge in [0.15, 0.2) is 9.84 Å². The molecule has 34 heavy (non-hydrogen) atoms. The number of carbonyl (C=O) groups excluding carboxylic acids is 2. The van der Waals surface area contributed by atoms with E-state index in [-0.39, 0.29) is 16.6 Å². The van der Waals surface area contributed by atoms with Crippen molar-refractivity contribution in [2.75, 3.05) is 23.0 Å². The first kappa shape index (κ1) is 23.5. The van der Waals surface area contributed by atoms with Crippen LogP contribution in [0.5, 0.6) is 5.75 Å². The van der Waals surface area contributed by atoms with Gasteiger partial charge in [0, 0.05) is 17.8 Å². The molecule has 3 aromatic rings. The van der Waals surface area contributed by atoms with Crippen molar-refractivity contribution in [2.45, 2.75) is 30.6 Å². The van der Waals surface area contributed by atoms with E-state index in [9.17, 15) is 18.0 Å². The second-order valence-electron chi connectivity index (χ2n) is 8.06. The summed E-state index contributed by atoms with van der Waals surface area (Å²) in [5.74, 6) is -1.10. The molecule has 1 atom stereocenters. The third-order valence-electron chi connectivity index (χ3n) is 5.67. The predicted octanol–water partition coefficient (Wildman–Crippen LogP) is 4.17. The summed E-state index contributed by atoms with van der Waals surface area (Å²) in [6.07, 6.45) is 0.790. The molecule has 3 aromatic carbocycles. The number of hydrogen-bond acceptors (Lipinski definition) is 5. The van der Waals surface area contributed by atoms with Crippen molar-refractivity contribution in [3.05, 3.63) is 83.9 Å². The lowest BCUT2D eigenvalue weighted by molar-refractivity contribution is -0.117. The van der Waals surface area contributed by atoms with Gasteiger partial charge in [-0.1, -0.05) is 30.3 Å². The zero-order chi connectivity index (χ0) is 24.1. The highest BCUT2D eigenvalue weighted by Gasteiger charge is 2.29. The molecule has 0 radical (unpaired) electrons. The van der Waals surface area contributed by atoms with Crippen LogP contribution in [0.3, 0.4) is 0 Å². The number of aryl methyl sites for hydroxylation is 1. The Hall–Kier alpha value is -3.65. The third kappa shape index (κ3) is 5.46. The van der Waals surface area contributed by atoms with Crippen LogP contribution < -0.4 is 15.4 Å². The van der Waals surface area contributed by atoms with Gasteiger partial charge in [0.2, 0.25) is 11.8 Å². The summed E-state index contributed by atoms with van der Waals surface area (Å²) in [6, 6.07) is 20.5. The van der Waals surface area contributed by atoms with Crippen molar-refractivity contribution in [3.8, 4) is 5.75 Å². The number of anilines is 2. The minimum atomic E-state index is -3.80. The topological polar surface area (TPSA) is 102 Å². The summed E-state index contributed by atoms with van der Waals surface area (Å²) in [5, 5.41) is 5.59. The van der Waals surface area contributed by atoms with E-state index in [1.807, 2.05) is 13.0 Å². The molecule has 7 nitrogen and oxygen atoms in total. The molecule has 0 spiro atoms. The van der Waals surface area contributed by atoms with Gasteiger partial charge in [0.25, 0.3) is 0 Å². The maximum Gasteiger partial charge on any atom is 0.232 e. The lowest BCUT2D eigenvalue weighted by Crippen LogP contribution is -2.28. The fourth-order valence-corrected chi connectivity index (χ4v) is 5.48. The van der Waals surface area contributed by atoms with Crippen LogP contribution in [0.1, 0.15) is 30.4 Å². The van der Waals surface area contributed by atoms with Gasteiger partial charge in [0.1, 0.15) is 5.75 Å². The number of carbonyl (C=O) groups is 2. The minimum absolute atomic E-state index is 0.0850. The minimum Gasteiger partial charge on any atom is -0.494 e. The summed E-state index contributed by atoms with van der Waals surface area (Å²) >= 11 is 0. The van der Waals surface area contributed by atoms with E-state index in [1.54, 1.807) is 60.7 Å². The Morgan fingerprint density at radius 3 is 2.47 bits per heavy atom. The molecule has 0 aromatic heterocycles. The fraction of sp³-hybridized carbons (Fsp3) is 0.231. The Morgan fingerprint density at radius 1 is 1.03 bits per heavy atom. The molecule has 0 aliphatic carbocycles. The highest BCUT2D eigenvalue weighted by Crippen LogP contribution is 2.29. The lowest BCUT2D eigenvalue weighted by Gasteiger charge is -2.20. The highest BCUT2D eigenvalue weighted by atomic mass is 32.2. The number of amides is 2. The van der Waals surface area contributed by atoms with Gasteiger partial charge >= 0.3 is 0 Å². The fourth-order valence-electron chi connectivity index (χ4n) is 3.91. The van der Waals surface area contributed by atoms with Gasteiger partial charge in [-0.25, -0.2) is 8.42 Å². The SMILES string of the molecule is CCOc1ccc(NC(=O)C(CS(=O)(=O)c2ccc3c(c2)CCC(=O)N3)c2ccccc2)cc1. The van der Waals surface area contributed by atoms with E-state index in [2.05, 4.69) is 10.6 Å². The van der Waals surface area contributed by atoms with Crippen LogP contribution in [-0.4, -0.2) is 32.6 Å². The van der Waals surface area contributed by atoms with E-state index in [0.717, 1.165) is 5.56 Å². The lowest BCUT2D eigenvalue weighted by atomic mass is 10.00. The summed E-state index contributed by atoms with van der Waals surface area (Å²) < 4.78 is 32.1. The standard InChI is InChI=1S/C26H26N2O5S/c1-2-33-21-11-9-20(10-12-21)27-26(30)23(18-6-4-3-5-7-18)17-34(31,32)22-13-14-24-19(16-22)8-15-25(29)28-24/h3-7,9-14,16,23H,2,8,15,17H2,1H3,(H,27,30)(H,28,29). The first-order valence-corrected chi connectivity index (χ1v) is 12.7. The molecule has 0 saturated carbocycles. The van der Waals surface area contributed by atoms with Crippen molar-refractivity contribution >= 4 is 33.0 Å². The largest absolute Gasteiger partial charge is 0.494 e. The van der Waals surface area contributed by atoms with Crippen LogP contribution in [0.4, 0.5) is 11.4 Å². The van der Waals surface area contributed by atoms with Crippen molar-refractivity contribution in [3.63, 3.8) is 0 Å². The quantitative estimate of drug-likeness (QED) is 0.506. The Morgan fingerprint density at radius 2 is 1.76 bits per heavy atom. The average Bonchev–Trinajstić information content (AvgIpc) is 2.84. The molecule has 0 saturated heterocycles. The van der Waals surface area contributed by atoms with Crippen LogP contribution in [-0.2, 0) is 25.8 Å². The van der Waals surface area contributed by atoms with Crippen LogP contribution in [0, 0.1) is 0 Å². The molecule has 1 aliphatic heterocycles. The summed E-state index contributed by atoms with van der Waals surface area (Å²) in [5.41, 5.74) is 2.56. The maximum atomic E-state index is 13.4. The van der Waals surface area contributed by atoms with E-state index in [0.29, 0.717) is 42.1 Å². The van der Waals surface area contributed by atoms with E-state index in [1.165, 1.54) is 6.07 Å². The van der Waals surface area contributed by atoms with Gasteiger partial charge in [-0.15, -0.1) is 0 Å². The Labute approximate surface area is 199 Å². The number of sulfone groups is 1. The van der Waals surface area contributed by atoms with Gasteiger partial charge in [-0.05, 0) is 66.9 Å². The second-order valence-corrected chi connectivity index (χ2v) is 10.1. The highest BCUT2D eigenvalue weighted by molar-refractivity contribution is 7.91. The first-order valence-electron chi connectivity index (χ1n) is 11.1. The molecule has 176 valence electrons. The predicted molar refractivity (Wildman–Crippen MR) is 131 cm³/mol. The van der Waals surface area contributed by atoms with Gasteiger partial charge in [-0.3, -0.25) is 9.59 Å². The summed E-state index contributed by atoms with van der Waals surface area (Å²) in [7, 11) is -3.80. The second kappa shape index (κ2) is 10.1. The molecule has 1 unspecified atom stereocenters. The maximum absolute atomic E-state index is 13.4. The number of ether oxygens (including phenoxy) is 1. The van der Waals surface area contributed by atoms with Gasteiger partial charge in [-0.2, -0.15) is 0 Å². The molecule has 1 aliphatic rings. The molecular formula is C26H26N2O5S. The monoisotopic (exact) mass is 478 g/mol. The van der Waals surface area contributed by atoms with Crippen LogP contribution >= 0.6 is 0 Å². The first-order chi connectivity index (χ1) is 16.4. The third-order valence-corrected chi connectivity index (χ3v) is 7.41. The number of nitrogens with one attached hydrogen (secondary N) is 2. The Balaban J connectivity index is 1.59. The van der Waals surface area contributed by atoms with Crippen LogP contribution in [0.15, 0.2) is 77.7 Å². The zero-order valence-corrected chi connectivity index (χ0v) is 19.6. The molecule has 8 heteroatoms. The molecule has 0 fully saturated rings. The Kier molecular flexibility index (Phi) is 6.98. The number of benzene rings is 3. The smallest absolute Gasteiger partial charge is 0.232 e.